The second kappa shape index (κ2) is 11.0. The molecule has 2 rings (SSSR count). The molecule has 0 aromatic carbocycles. The molecule has 3 atom stereocenters. The van der Waals surface area contributed by atoms with Crippen LogP contribution in [0.25, 0.3) is 0 Å². The molecule has 2 aliphatic rings. The third kappa shape index (κ3) is 6.10. The number of hydrogen-bond donors (Lipinski definition) is 2. The molecule has 7 heteroatoms. The zero-order chi connectivity index (χ0) is 20.6. The zero-order valence-corrected chi connectivity index (χ0v) is 17.6. The summed E-state index contributed by atoms with van der Waals surface area (Å²) in [4.78, 5) is 37.0. The molecule has 0 radical (unpaired) electrons. The van der Waals surface area contributed by atoms with Gasteiger partial charge in [0.2, 0.25) is 5.91 Å². The fourth-order valence-corrected chi connectivity index (χ4v) is 4.97. The molecule has 2 fully saturated rings. The Morgan fingerprint density at radius 1 is 1.21 bits per heavy atom. The Balaban J connectivity index is 2.01. The van der Waals surface area contributed by atoms with Gasteiger partial charge in [-0.25, -0.2) is 0 Å². The maximum Gasteiger partial charge on any atom is 0.308 e. The number of rotatable bonds is 10. The number of nitrogens with one attached hydrogen (secondary N) is 1. The van der Waals surface area contributed by atoms with Crippen molar-refractivity contribution in [1.29, 1.82) is 0 Å². The number of amides is 1. The number of aliphatic carboxylic acids is 1. The maximum absolute atomic E-state index is 13.2. The molecule has 6 nitrogen and oxygen atoms in total. The highest BCUT2D eigenvalue weighted by atomic mass is 35.5. The summed E-state index contributed by atoms with van der Waals surface area (Å²) in [6.07, 6.45) is 8.03. The third-order valence-electron chi connectivity index (χ3n) is 6.34. The van der Waals surface area contributed by atoms with E-state index in [2.05, 4.69) is 5.32 Å². The SMILES string of the molecule is CCOC(=O)[C@H]1CCC[C@@H](NC(=O)C2(CC(CCCCl)C(=O)O)CCCC2)C1. The molecule has 0 bridgehead atoms. The summed E-state index contributed by atoms with van der Waals surface area (Å²) in [5, 5.41) is 12.8. The monoisotopic (exact) mass is 415 g/mol. The first-order valence-corrected chi connectivity index (χ1v) is 11.2. The molecule has 1 unspecified atom stereocenters. The number of esters is 1. The van der Waals surface area contributed by atoms with Crippen LogP contribution in [0.3, 0.4) is 0 Å². The number of ether oxygens (including phenoxy) is 1. The summed E-state index contributed by atoms with van der Waals surface area (Å²) in [7, 11) is 0. The number of carboxylic acid groups (broad SMARTS) is 1. The molecule has 1 amide bonds. The van der Waals surface area contributed by atoms with Gasteiger partial charge in [0.1, 0.15) is 0 Å². The molecule has 0 heterocycles. The summed E-state index contributed by atoms with van der Waals surface area (Å²) in [6.45, 7) is 2.17. The lowest BCUT2D eigenvalue weighted by molar-refractivity contribution is -0.150. The Labute approximate surface area is 172 Å². The quantitative estimate of drug-likeness (QED) is 0.417. The Bertz CT molecular complexity index is 547. The van der Waals surface area contributed by atoms with Crippen LogP contribution in [0.2, 0.25) is 0 Å². The van der Waals surface area contributed by atoms with Crippen LogP contribution in [0.15, 0.2) is 0 Å². The average Bonchev–Trinajstić information content (AvgIpc) is 3.15. The minimum absolute atomic E-state index is 0.0309. The van der Waals surface area contributed by atoms with E-state index in [0.717, 1.165) is 44.9 Å². The second-order valence-corrected chi connectivity index (χ2v) is 8.72. The number of alkyl halides is 1. The van der Waals surface area contributed by atoms with Gasteiger partial charge in [-0.15, -0.1) is 11.6 Å². The van der Waals surface area contributed by atoms with Gasteiger partial charge < -0.3 is 15.2 Å². The predicted molar refractivity (Wildman–Crippen MR) is 107 cm³/mol. The first-order chi connectivity index (χ1) is 13.4. The highest BCUT2D eigenvalue weighted by Gasteiger charge is 2.45. The first kappa shape index (κ1) is 23.0. The van der Waals surface area contributed by atoms with Gasteiger partial charge in [-0.05, 0) is 58.3 Å². The first-order valence-electron chi connectivity index (χ1n) is 10.7. The Morgan fingerprint density at radius 2 is 1.93 bits per heavy atom. The molecule has 160 valence electrons. The molecular weight excluding hydrogens is 382 g/mol. The van der Waals surface area contributed by atoms with E-state index in [0.29, 0.717) is 38.2 Å². The lowest BCUT2D eigenvalue weighted by Crippen LogP contribution is -2.47. The highest BCUT2D eigenvalue weighted by molar-refractivity contribution is 6.17. The van der Waals surface area contributed by atoms with E-state index in [1.807, 2.05) is 0 Å². The van der Waals surface area contributed by atoms with Gasteiger partial charge in [0.25, 0.3) is 0 Å². The Hall–Kier alpha value is -1.30. The summed E-state index contributed by atoms with van der Waals surface area (Å²) >= 11 is 5.74. The Morgan fingerprint density at radius 3 is 2.54 bits per heavy atom. The lowest BCUT2D eigenvalue weighted by Gasteiger charge is -2.35. The van der Waals surface area contributed by atoms with Crippen molar-refractivity contribution in [2.45, 2.75) is 83.6 Å². The van der Waals surface area contributed by atoms with Crippen LogP contribution in [-0.2, 0) is 19.1 Å². The van der Waals surface area contributed by atoms with Crippen LogP contribution < -0.4 is 5.32 Å². The van der Waals surface area contributed by atoms with Gasteiger partial charge in [0.15, 0.2) is 0 Å². The predicted octanol–water partition coefficient (Wildman–Crippen LogP) is 3.89. The standard InChI is InChI=1S/C21H34ClNO5/c1-2-28-19(26)15-7-5-9-17(13-15)23-20(27)21(10-3-4-11-21)14-16(18(24)25)8-6-12-22/h15-17H,2-14H2,1H3,(H,23,27)(H,24,25)/t15-,16?,17+/m0/s1. The Kier molecular flexibility index (Phi) is 9.06. The fraction of sp³-hybridized carbons (Fsp3) is 0.857. The van der Waals surface area contributed by atoms with E-state index in [4.69, 9.17) is 16.3 Å². The van der Waals surface area contributed by atoms with Crippen LogP contribution in [0.4, 0.5) is 0 Å². The van der Waals surface area contributed by atoms with Crippen LogP contribution in [0.1, 0.15) is 77.6 Å². The highest BCUT2D eigenvalue weighted by Crippen LogP contribution is 2.44. The van der Waals surface area contributed by atoms with Gasteiger partial charge >= 0.3 is 11.9 Å². The van der Waals surface area contributed by atoms with Crippen molar-refractivity contribution >= 4 is 29.4 Å². The van der Waals surface area contributed by atoms with Gasteiger partial charge in [0.05, 0.1) is 23.9 Å². The van der Waals surface area contributed by atoms with Crippen LogP contribution in [0.5, 0.6) is 0 Å². The van der Waals surface area contributed by atoms with E-state index in [9.17, 15) is 19.5 Å². The van der Waals surface area contributed by atoms with Gasteiger partial charge in [-0.1, -0.05) is 19.3 Å². The number of halogens is 1. The third-order valence-corrected chi connectivity index (χ3v) is 6.61. The molecule has 0 aromatic heterocycles. The summed E-state index contributed by atoms with van der Waals surface area (Å²) in [6, 6.07) is -0.0424. The van der Waals surface area contributed by atoms with E-state index in [1.165, 1.54) is 0 Å². The van der Waals surface area contributed by atoms with Crippen molar-refractivity contribution in [3.05, 3.63) is 0 Å². The minimum atomic E-state index is -0.843. The molecule has 0 spiro atoms. The largest absolute Gasteiger partial charge is 0.481 e. The number of carbonyl (C=O) groups is 3. The van der Waals surface area contributed by atoms with Gasteiger partial charge in [-0.3, -0.25) is 14.4 Å². The van der Waals surface area contributed by atoms with Gasteiger partial charge in [0, 0.05) is 11.9 Å². The average molecular weight is 416 g/mol. The number of carboxylic acids is 1. The van der Waals surface area contributed by atoms with Crippen LogP contribution in [-0.4, -0.2) is 41.5 Å². The van der Waals surface area contributed by atoms with Gasteiger partial charge in [-0.2, -0.15) is 0 Å². The van der Waals surface area contributed by atoms with Crippen molar-refractivity contribution in [2.75, 3.05) is 12.5 Å². The maximum atomic E-state index is 13.2. The van der Waals surface area contributed by atoms with Crippen molar-refractivity contribution in [3.63, 3.8) is 0 Å². The van der Waals surface area contributed by atoms with E-state index in [1.54, 1.807) is 6.92 Å². The van der Waals surface area contributed by atoms with Crippen molar-refractivity contribution in [1.82, 2.24) is 5.32 Å². The van der Waals surface area contributed by atoms with Crippen LogP contribution >= 0.6 is 11.6 Å². The number of carbonyl (C=O) groups excluding carboxylic acids is 2. The van der Waals surface area contributed by atoms with Crippen LogP contribution in [0, 0.1) is 17.3 Å². The molecule has 2 aliphatic carbocycles. The van der Waals surface area contributed by atoms with E-state index in [-0.39, 0.29) is 23.8 Å². The lowest BCUT2D eigenvalue weighted by atomic mass is 9.75. The molecule has 28 heavy (non-hydrogen) atoms. The topological polar surface area (TPSA) is 92.7 Å². The summed E-state index contributed by atoms with van der Waals surface area (Å²) in [5.74, 6) is -1.32. The molecule has 2 saturated carbocycles. The van der Waals surface area contributed by atoms with Crippen molar-refractivity contribution < 1.29 is 24.2 Å². The second-order valence-electron chi connectivity index (χ2n) is 8.34. The summed E-state index contributed by atoms with van der Waals surface area (Å²) < 4.78 is 5.14. The molecular formula is C21H34ClNO5. The van der Waals surface area contributed by atoms with E-state index >= 15 is 0 Å². The smallest absolute Gasteiger partial charge is 0.308 e. The van der Waals surface area contributed by atoms with Crippen molar-refractivity contribution in [2.24, 2.45) is 17.3 Å². The normalized spacial score (nSPS) is 25.1. The summed E-state index contributed by atoms with van der Waals surface area (Å²) in [5.41, 5.74) is -0.605. The zero-order valence-electron chi connectivity index (χ0n) is 16.9. The minimum Gasteiger partial charge on any atom is -0.481 e. The van der Waals surface area contributed by atoms with Crippen molar-refractivity contribution in [3.8, 4) is 0 Å². The number of hydrogen-bond acceptors (Lipinski definition) is 4. The molecule has 2 N–H and O–H groups in total. The molecule has 0 aromatic rings. The molecule has 0 saturated heterocycles. The van der Waals surface area contributed by atoms with E-state index < -0.39 is 17.3 Å². The fourth-order valence-electron chi connectivity index (χ4n) is 4.82. The molecule has 0 aliphatic heterocycles.